The first-order valence-corrected chi connectivity index (χ1v) is 13.3. The van der Waals surface area contributed by atoms with Gasteiger partial charge >= 0.3 is 7.82 Å². The maximum Gasteiger partial charge on any atom is 0.470 e. The maximum atomic E-state index is 11.5. The molecule has 0 spiro atoms. The molecule has 0 unspecified atom stereocenters. The standard InChI is InChI=1S/C19H35O19P/c1-32-17-13(28)16(38-39(29,30)31)15(7(4-22)34-17)37-19-12(27)10(25)14(6(3-21)35-19)36-18-11(26)9(24)8(23)5(2-20)33-18/h5-28H,2-4H2,1H3,(H2,29,30,31)/t5-,6-,7-,8-,9+,10-,11-,12-,13-,14-,15-,16-,17+,18-,19-/m1/s1. The van der Waals surface area contributed by atoms with E-state index >= 15 is 0 Å². The van der Waals surface area contributed by atoms with E-state index in [4.69, 9.17) is 28.4 Å². The summed E-state index contributed by atoms with van der Waals surface area (Å²) in [7, 11) is -4.17. The number of methoxy groups -OCH3 is 1. The average Bonchev–Trinajstić information content (AvgIpc) is 2.89. The molecule has 3 rings (SSSR count). The summed E-state index contributed by atoms with van der Waals surface area (Å²) in [5, 5.41) is 91.0. The predicted octanol–water partition coefficient (Wildman–Crippen LogP) is -6.80. The molecule has 0 aromatic heterocycles. The highest BCUT2D eigenvalue weighted by molar-refractivity contribution is 7.46. The summed E-state index contributed by atoms with van der Waals surface area (Å²) in [4.78, 5) is 18.6. The second-order valence-electron chi connectivity index (χ2n) is 9.12. The van der Waals surface area contributed by atoms with E-state index in [1.807, 2.05) is 0 Å². The van der Waals surface area contributed by atoms with Crippen LogP contribution in [0.25, 0.3) is 0 Å². The quantitative estimate of drug-likeness (QED) is 0.104. The molecule has 11 N–H and O–H groups in total. The molecule has 39 heavy (non-hydrogen) atoms. The van der Waals surface area contributed by atoms with Gasteiger partial charge in [0.15, 0.2) is 18.9 Å². The van der Waals surface area contributed by atoms with Crippen molar-refractivity contribution in [2.24, 2.45) is 0 Å². The summed E-state index contributed by atoms with van der Waals surface area (Å²) >= 11 is 0. The minimum Gasteiger partial charge on any atom is -0.394 e. The molecule has 20 heteroatoms. The molecule has 0 saturated carbocycles. The Morgan fingerprint density at radius 2 is 1.05 bits per heavy atom. The molecule has 0 amide bonds. The molecule has 15 atom stereocenters. The largest absolute Gasteiger partial charge is 0.470 e. The van der Waals surface area contributed by atoms with E-state index in [9.17, 15) is 60.3 Å². The van der Waals surface area contributed by atoms with Crippen molar-refractivity contribution < 1.29 is 93.3 Å². The second kappa shape index (κ2) is 13.7. The van der Waals surface area contributed by atoms with E-state index < -0.39 is 120 Å². The van der Waals surface area contributed by atoms with Crippen LogP contribution in [-0.2, 0) is 37.5 Å². The summed E-state index contributed by atoms with van der Waals surface area (Å²) in [6.45, 7) is -2.53. The summed E-state index contributed by atoms with van der Waals surface area (Å²) < 4.78 is 48.1. The van der Waals surface area contributed by atoms with Crippen molar-refractivity contribution in [3.8, 4) is 0 Å². The van der Waals surface area contributed by atoms with E-state index in [1.54, 1.807) is 0 Å². The first kappa shape index (κ1) is 33.0. The number of aliphatic hydroxyl groups is 9. The lowest BCUT2D eigenvalue weighted by Gasteiger charge is -2.48. The van der Waals surface area contributed by atoms with Gasteiger partial charge in [-0.2, -0.15) is 0 Å². The third-order valence-electron chi connectivity index (χ3n) is 6.54. The Morgan fingerprint density at radius 3 is 1.56 bits per heavy atom. The fourth-order valence-electron chi connectivity index (χ4n) is 4.50. The number of phosphoric acid groups is 1. The van der Waals surface area contributed by atoms with E-state index in [-0.39, 0.29) is 0 Å². The highest BCUT2D eigenvalue weighted by Gasteiger charge is 2.54. The molecule has 0 radical (unpaired) electrons. The highest BCUT2D eigenvalue weighted by Crippen LogP contribution is 2.43. The fourth-order valence-corrected chi connectivity index (χ4v) is 5.06. The van der Waals surface area contributed by atoms with Gasteiger partial charge in [0.25, 0.3) is 0 Å². The van der Waals surface area contributed by atoms with Crippen molar-refractivity contribution in [3.05, 3.63) is 0 Å². The van der Waals surface area contributed by atoms with Gasteiger partial charge in [-0.05, 0) is 0 Å². The van der Waals surface area contributed by atoms with Crippen molar-refractivity contribution in [3.63, 3.8) is 0 Å². The predicted molar refractivity (Wildman–Crippen MR) is 117 cm³/mol. The average molecular weight is 598 g/mol. The molecule has 0 bridgehead atoms. The normalized spacial score (nSPS) is 47.7. The molecule has 3 aliphatic heterocycles. The van der Waals surface area contributed by atoms with Gasteiger partial charge in [-0.15, -0.1) is 0 Å². The van der Waals surface area contributed by atoms with E-state index in [0.29, 0.717) is 0 Å². The molecular formula is C19H35O19P. The van der Waals surface area contributed by atoms with Gasteiger partial charge < -0.3 is 84.2 Å². The minimum absolute atomic E-state index is 0.778. The maximum absolute atomic E-state index is 11.5. The van der Waals surface area contributed by atoms with Crippen LogP contribution in [0.3, 0.4) is 0 Å². The molecule has 230 valence electrons. The minimum atomic E-state index is -5.27. The Morgan fingerprint density at radius 1 is 0.590 bits per heavy atom. The van der Waals surface area contributed by atoms with Crippen molar-refractivity contribution in [1.82, 2.24) is 0 Å². The van der Waals surface area contributed by atoms with Crippen molar-refractivity contribution in [1.29, 1.82) is 0 Å². The van der Waals surface area contributed by atoms with Gasteiger partial charge in [-0.25, -0.2) is 4.57 Å². The Kier molecular flexibility index (Phi) is 11.6. The highest BCUT2D eigenvalue weighted by atomic mass is 31.2. The molecule has 0 aromatic rings. The zero-order valence-corrected chi connectivity index (χ0v) is 21.3. The number of hydrogen-bond acceptors (Lipinski definition) is 17. The van der Waals surface area contributed by atoms with Crippen LogP contribution in [0.4, 0.5) is 0 Å². The van der Waals surface area contributed by atoms with Crippen LogP contribution in [0.5, 0.6) is 0 Å². The van der Waals surface area contributed by atoms with Gasteiger partial charge in [0.2, 0.25) is 0 Å². The van der Waals surface area contributed by atoms with Crippen molar-refractivity contribution in [2.45, 2.75) is 92.1 Å². The number of rotatable bonds is 10. The smallest absolute Gasteiger partial charge is 0.394 e. The molecule has 19 nitrogen and oxygen atoms in total. The van der Waals surface area contributed by atoms with Crippen LogP contribution >= 0.6 is 7.82 Å². The van der Waals surface area contributed by atoms with Gasteiger partial charge in [-0.3, -0.25) is 4.52 Å². The Balaban J connectivity index is 1.79. The number of hydrogen-bond donors (Lipinski definition) is 11. The van der Waals surface area contributed by atoms with Crippen LogP contribution < -0.4 is 0 Å². The number of aliphatic hydroxyl groups excluding tert-OH is 9. The summed E-state index contributed by atoms with van der Waals surface area (Å²) in [5.41, 5.74) is 0. The van der Waals surface area contributed by atoms with Crippen LogP contribution in [0.15, 0.2) is 0 Å². The van der Waals surface area contributed by atoms with Gasteiger partial charge in [-0.1, -0.05) is 0 Å². The van der Waals surface area contributed by atoms with E-state index in [2.05, 4.69) is 4.52 Å². The van der Waals surface area contributed by atoms with Crippen LogP contribution in [0, 0.1) is 0 Å². The number of phosphoric ester groups is 1. The molecule has 3 heterocycles. The van der Waals surface area contributed by atoms with Crippen molar-refractivity contribution >= 4 is 7.82 Å². The Labute approximate surface area is 220 Å². The van der Waals surface area contributed by atoms with E-state index in [0.717, 1.165) is 7.11 Å². The van der Waals surface area contributed by atoms with Crippen molar-refractivity contribution in [2.75, 3.05) is 26.9 Å². The van der Waals surface area contributed by atoms with Crippen LogP contribution in [0.2, 0.25) is 0 Å². The van der Waals surface area contributed by atoms with Gasteiger partial charge in [0.1, 0.15) is 73.2 Å². The lowest BCUT2D eigenvalue weighted by atomic mass is 9.96. The molecule has 0 aromatic carbocycles. The van der Waals surface area contributed by atoms with Crippen LogP contribution in [0.1, 0.15) is 0 Å². The molecular weight excluding hydrogens is 563 g/mol. The topological polar surface area (TPSA) is 304 Å². The van der Waals surface area contributed by atoms with Gasteiger partial charge in [0, 0.05) is 7.11 Å². The fraction of sp³-hybridized carbons (Fsp3) is 1.00. The third kappa shape index (κ3) is 7.30. The molecule has 0 aliphatic carbocycles. The SMILES string of the molecule is CO[C@H]1O[C@H](CO)[C@@H](O[C@H]2O[C@H](CO)[C@@H](O[C@H]3O[C@H](CO)[C@@H](O)[C@H](O)[C@H]3O)[C@H](O)[C@H]2O)[C@H](OP(=O)(O)O)[C@H]1O. The lowest BCUT2D eigenvalue weighted by molar-refractivity contribution is -0.377. The van der Waals surface area contributed by atoms with Gasteiger partial charge in [0.05, 0.1) is 19.8 Å². The molecule has 3 fully saturated rings. The summed E-state index contributed by atoms with van der Waals surface area (Å²) in [6.07, 6.45) is -26.1. The third-order valence-corrected chi connectivity index (χ3v) is 7.06. The second-order valence-corrected chi connectivity index (χ2v) is 10.3. The molecule has 3 aliphatic rings. The lowest BCUT2D eigenvalue weighted by Crippen LogP contribution is -2.66. The summed E-state index contributed by atoms with van der Waals surface area (Å²) in [5.74, 6) is 0. The Hall–Kier alpha value is -0.490. The first-order valence-electron chi connectivity index (χ1n) is 11.7. The number of ether oxygens (including phenoxy) is 6. The van der Waals surface area contributed by atoms with Crippen LogP contribution in [-0.4, -0.2) is 175 Å². The Bertz CT molecular complexity index is 812. The van der Waals surface area contributed by atoms with E-state index in [1.165, 1.54) is 0 Å². The monoisotopic (exact) mass is 598 g/mol. The summed E-state index contributed by atoms with van der Waals surface area (Å²) in [6, 6.07) is 0. The molecule has 3 saturated heterocycles. The first-order chi connectivity index (χ1) is 18.3. The zero-order valence-electron chi connectivity index (χ0n) is 20.4. The zero-order chi connectivity index (χ0) is 29.2.